The van der Waals surface area contributed by atoms with Gasteiger partial charge in [0.15, 0.2) is 11.5 Å². The third-order valence-corrected chi connectivity index (χ3v) is 4.62. The molecule has 0 bridgehead atoms. The van der Waals surface area contributed by atoms with Gasteiger partial charge in [-0.25, -0.2) is 5.01 Å². The first kappa shape index (κ1) is 16.4. The predicted molar refractivity (Wildman–Crippen MR) is 92.6 cm³/mol. The average Bonchev–Trinajstić information content (AvgIpc) is 3.30. The standard InChI is InChI=1S/C19H19N3O4/c1-13-5-6-20-11-15(13)19(24)22-8-2-7-21(22)18(23)10-14-3-4-16-17(9-14)26-12-25-16/h3-6,9,11H,2,7-8,10,12H2,1H3. The highest BCUT2D eigenvalue weighted by Crippen LogP contribution is 2.32. The highest BCUT2D eigenvalue weighted by molar-refractivity contribution is 5.96. The summed E-state index contributed by atoms with van der Waals surface area (Å²) in [4.78, 5) is 29.7. The van der Waals surface area contributed by atoms with Gasteiger partial charge in [-0.1, -0.05) is 6.07 Å². The Labute approximate surface area is 151 Å². The van der Waals surface area contributed by atoms with Crippen LogP contribution in [-0.2, 0) is 11.2 Å². The van der Waals surface area contributed by atoms with Crippen molar-refractivity contribution in [3.63, 3.8) is 0 Å². The third kappa shape index (κ3) is 2.96. The molecule has 2 amide bonds. The maximum Gasteiger partial charge on any atom is 0.274 e. The molecule has 26 heavy (non-hydrogen) atoms. The molecule has 1 saturated heterocycles. The number of aryl methyl sites for hydroxylation is 1. The van der Waals surface area contributed by atoms with Gasteiger partial charge in [-0.2, -0.15) is 0 Å². The van der Waals surface area contributed by atoms with Crippen LogP contribution >= 0.6 is 0 Å². The number of hydrazine groups is 1. The number of carbonyl (C=O) groups is 2. The fourth-order valence-corrected chi connectivity index (χ4v) is 3.23. The molecule has 4 rings (SSSR count). The predicted octanol–water partition coefficient (Wildman–Crippen LogP) is 1.95. The van der Waals surface area contributed by atoms with Crippen LogP contribution in [0.2, 0.25) is 0 Å². The summed E-state index contributed by atoms with van der Waals surface area (Å²) in [5, 5.41) is 3.07. The van der Waals surface area contributed by atoms with Crippen LogP contribution in [0.4, 0.5) is 0 Å². The molecule has 1 aromatic heterocycles. The molecule has 0 aliphatic carbocycles. The lowest BCUT2D eigenvalue weighted by Gasteiger charge is -2.28. The van der Waals surface area contributed by atoms with E-state index in [1.165, 1.54) is 5.01 Å². The van der Waals surface area contributed by atoms with Crippen molar-refractivity contribution in [1.82, 2.24) is 15.0 Å². The molecule has 7 heteroatoms. The van der Waals surface area contributed by atoms with E-state index in [4.69, 9.17) is 9.47 Å². The zero-order chi connectivity index (χ0) is 18.1. The van der Waals surface area contributed by atoms with Crippen LogP contribution in [0.25, 0.3) is 0 Å². The van der Waals surface area contributed by atoms with Crippen LogP contribution < -0.4 is 9.47 Å². The molecule has 0 unspecified atom stereocenters. The first-order chi connectivity index (χ1) is 12.6. The fraction of sp³-hybridized carbons (Fsp3) is 0.316. The van der Waals surface area contributed by atoms with Crippen LogP contribution in [0.3, 0.4) is 0 Å². The summed E-state index contributed by atoms with van der Waals surface area (Å²) in [7, 11) is 0. The number of fused-ring (bicyclic) bond motifs is 1. The number of pyridine rings is 1. The number of amides is 2. The van der Waals surface area contributed by atoms with Crippen LogP contribution in [0.15, 0.2) is 36.7 Å². The summed E-state index contributed by atoms with van der Waals surface area (Å²) in [5.41, 5.74) is 2.20. The van der Waals surface area contributed by atoms with E-state index in [1.807, 2.05) is 19.1 Å². The zero-order valence-electron chi connectivity index (χ0n) is 14.5. The maximum atomic E-state index is 12.8. The van der Waals surface area contributed by atoms with E-state index in [9.17, 15) is 9.59 Å². The van der Waals surface area contributed by atoms with Crippen molar-refractivity contribution in [1.29, 1.82) is 0 Å². The quantitative estimate of drug-likeness (QED) is 0.843. The molecule has 0 radical (unpaired) electrons. The number of hydrogen-bond acceptors (Lipinski definition) is 5. The normalized spacial score (nSPS) is 15.4. The number of carbonyl (C=O) groups excluding carboxylic acids is 2. The molecule has 0 saturated carbocycles. The van der Waals surface area contributed by atoms with Crippen molar-refractivity contribution < 1.29 is 19.1 Å². The van der Waals surface area contributed by atoms with Crippen LogP contribution in [-0.4, -0.2) is 46.7 Å². The summed E-state index contributed by atoms with van der Waals surface area (Å²) >= 11 is 0. The van der Waals surface area contributed by atoms with E-state index in [1.54, 1.807) is 29.5 Å². The molecule has 2 aromatic rings. The molecule has 2 aliphatic rings. The monoisotopic (exact) mass is 353 g/mol. The summed E-state index contributed by atoms with van der Waals surface area (Å²) in [6.45, 7) is 3.13. The minimum Gasteiger partial charge on any atom is -0.454 e. The van der Waals surface area contributed by atoms with Crippen molar-refractivity contribution in [3.8, 4) is 11.5 Å². The molecule has 1 fully saturated rings. The largest absolute Gasteiger partial charge is 0.454 e. The Morgan fingerprint density at radius 3 is 2.77 bits per heavy atom. The van der Waals surface area contributed by atoms with Crippen molar-refractivity contribution >= 4 is 11.8 Å². The average molecular weight is 353 g/mol. The number of ether oxygens (including phenoxy) is 2. The minimum absolute atomic E-state index is 0.115. The Morgan fingerprint density at radius 1 is 1.12 bits per heavy atom. The van der Waals surface area contributed by atoms with Crippen molar-refractivity contribution in [2.45, 2.75) is 19.8 Å². The smallest absolute Gasteiger partial charge is 0.274 e. The second-order valence-electron chi connectivity index (χ2n) is 6.35. The molecular formula is C19H19N3O4. The lowest BCUT2D eigenvalue weighted by atomic mass is 10.1. The van der Waals surface area contributed by atoms with E-state index < -0.39 is 0 Å². The molecule has 1 aromatic carbocycles. The second-order valence-corrected chi connectivity index (χ2v) is 6.35. The Bertz CT molecular complexity index is 868. The Kier molecular flexibility index (Phi) is 4.20. The van der Waals surface area contributed by atoms with E-state index in [2.05, 4.69) is 4.98 Å². The van der Waals surface area contributed by atoms with Gasteiger partial charge >= 0.3 is 0 Å². The first-order valence-electron chi connectivity index (χ1n) is 8.55. The van der Waals surface area contributed by atoms with Crippen molar-refractivity contribution in [2.24, 2.45) is 0 Å². The fourth-order valence-electron chi connectivity index (χ4n) is 3.23. The SMILES string of the molecule is Cc1ccncc1C(=O)N1CCCN1C(=O)Cc1ccc2c(c1)OCO2. The third-order valence-electron chi connectivity index (χ3n) is 4.62. The number of nitrogens with zero attached hydrogens (tertiary/aromatic N) is 3. The van der Waals surface area contributed by atoms with E-state index in [0.717, 1.165) is 17.5 Å². The van der Waals surface area contributed by atoms with Crippen LogP contribution in [0, 0.1) is 6.92 Å². The number of rotatable bonds is 3. The van der Waals surface area contributed by atoms with Gasteiger partial charge in [-0.15, -0.1) is 0 Å². The summed E-state index contributed by atoms with van der Waals surface area (Å²) in [6.07, 6.45) is 4.17. The van der Waals surface area contributed by atoms with E-state index in [0.29, 0.717) is 30.2 Å². The zero-order valence-corrected chi connectivity index (χ0v) is 14.5. The molecule has 0 spiro atoms. The Balaban J connectivity index is 1.50. The van der Waals surface area contributed by atoms with Gasteiger partial charge in [-0.3, -0.25) is 19.6 Å². The summed E-state index contributed by atoms with van der Waals surface area (Å²) in [6, 6.07) is 7.26. The van der Waals surface area contributed by atoms with Crippen LogP contribution in [0.5, 0.6) is 11.5 Å². The van der Waals surface area contributed by atoms with E-state index in [-0.39, 0.29) is 25.0 Å². The van der Waals surface area contributed by atoms with Gasteiger partial charge in [0, 0.05) is 25.5 Å². The molecule has 134 valence electrons. The lowest BCUT2D eigenvalue weighted by Crippen LogP contribution is -2.45. The van der Waals surface area contributed by atoms with Crippen molar-refractivity contribution in [2.75, 3.05) is 19.9 Å². The topological polar surface area (TPSA) is 72.0 Å². The molecule has 7 nitrogen and oxygen atoms in total. The highest BCUT2D eigenvalue weighted by Gasteiger charge is 2.32. The van der Waals surface area contributed by atoms with Gasteiger partial charge in [0.25, 0.3) is 5.91 Å². The minimum atomic E-state index is -0.188. The molecule has 3 heterocycles. The maximum absolute atomic E-state index is 12.8. The number of hydrogen-bond donors (Lipinski definition) is 0. The number of aromatic nitrogens is 1. The highest BCUT2D eigenvalue weighted by atomic mass is 16.7. The summed E-state index contributed by atoms with van der Waals surface area (Å²) < 4.78 is 10.6. The summed E-state index contributed by atoms with van der Waals surface area (Å²) in [5.74, 6) is 1.03. The van der Waals surface area contributed by atoms with Gasteiger partial charge in [0.2, 0.25) is 12.7 Å². The lowest BCUT2D eigenvalue weighted by molar-refractivity contribution is -0.139. The van der Waals surface area contributed by atoms with Gasteiger partial charge in [0.1, 0.15) is 0 Å². The Hall–Kier alpha value is -3.09. The second kappa shape index (κ2) is 6.67. The first-order valence-corrected chi connectivity index (χ1v) is 8.55. The van der Waals surface area contributed by atoms with Gasteiger partial charge < -0.3 is 9.47 Å². The van der Waals surface area contributed by atoms with Gasteiger partial charge in [0.05, 0.1) is 12.0 Å². The van der Waals surface area contributed by atoms with Crippen molar-refractivity contribution in [3.05, 3.63) is 53.3 Å². The molecule has 2 aliphatic heterocycles. The molecule has 0 N–H and O–H groups in total. The van der Waals surface area contributed by atoms with Gasteiger partial charge in [-0.05, 0) is 42.7 Å². The molecule has 0 atom stereocenters. The van der Waals surface area contributed by atoms with E-state index >= 15 is 0 Å². The van der Waals surface area contributed by atoms with Crippen LogP contribution in [0.1, 0.15) is 27.9 Å². The molecular weight excluding hydrogens is 334 g/mol. The number of benzene rings is 1. The Morgan fingerprint density at radius 2 is 1.92 bits per heavy atom.